The second kappa shape index (κ2) is 28.2. The van der Waals surface area contributed by atoms with Gasteiger partial charge in [-0.05, 0) is 48.7 Å². The zero-order valence-corrected chi connectivity index (χ0v) is 53.3. The number of carbonyl (C=O) groups excluding carboxylic acids is 8. The number of Topliss-reactive ketones (excluding diaryl/α,β-unsaturated/α-hetero) is 2. The van der Waals surface area contributed by atoms with Crippen LogP contribution in [0.2, 0.25) is 0 Å². The maximum absolute atomic E-state index is 14.9. The molecule has 1 aliphatic rings. The standard InChI is InChI=1S/C61H53N13O12S6/c1-26(44(79)20-75)46-60-71-42(25-91-60)58-68-39(22-88-58)48-35(15-16-36(65-48)57-70-40(24-89-57)53(84)64-28(3)51(82)63-27(2)29(4)76)56-69-41(23-87-56)54(85)66-37(19-45(62)80)59-74-47(30(5)92-59)55(86)73-49(50(81)32-9-7-6-8-10-32)61-67-38(21-90-61)43(78)18-33(52(83)72-46)17-31-11-13-34(77)14-12-31/h6-16,21-26,33,37,46,49-50,75-77,81H,2-4,17-20H2,1,5H3,(H2,62,80)(H,63,82)(H,64,84)(H,66,85)(H,72,83)(H,73,86). The summed E-state index contributed by atoms with van der Waals surface area (Å²) in [4.78, 5) is 144. The minimum absolute atomic E-state index is 0.0326. The summed E-state index contributed by atoms with van der Waals surface area (Å²) in [7, 11) is 0. The molecule has 6 atom stereocenters. The van der Waals surface area contributed by atoms with E-state index < -0.39 is 108 Å². The number of benzene rings is 2. The predicted octanol–water partition coefficient (Wildman–Crippen LogP) is 7.80. The molecule has 0 radical (unpaired) electrons. The van der Waals surface area contributed by atoms with Crippen LogP contribution < -0.4 is 32.3 Å². The number of nitrogens with two attached hydrogens (primary N) is 1. The number of aliphatic hydroxyl groups excluding tert-OH is 3. The van der Waals surface area contributed by atoms with E-state index in [1.54, 1.807) is 72.3 Å². The van der Waals surface area contributed by atoms with Crippen molar-refractivity contribution < 1.29 is 58.8 Å². The van der Waals surface area contributed by atoms with Crippen molar-refractivity contribution in [1.29, 1.82) is 0 Å². The average molecular weight is 1350 g/mol. The van der Waals surface area contributed by atoms with Gasteiger partial charge in [0, 0.05) is 55.6 Å². The molecular weight excluding hydrogens is 1300 g/mol. The van der Waals surface area contributed by atoms with Crippen LogP contribution in [0, 0.1) is 18.8 Å². The monoisotopic (exact) mass is 1350 g/mol. The summed E-state index contributed by atoms with van der Waals surface area (Å²) < 4.78 is 0. The lowest BCUT2D eigenvalue weighted by molar-refractivity contribution is -0.129. The number of nitrogens with zero attached hydrogens (tertiary/aromatic N) is 7. The molecule has 0 spiro atoms. The number of pyridine rings is 1. The first-order valence-electron chi connectivity index (χ1n) is 27.6. The number of nitrogens with one attached hydrogen (secondary N) is 5. The SMILES string of the molecule is C=C(O)C(=C)NC(=O)C(=C)NC(=O)c1csc(-c2ccc3c(n2)-c2csc(n2)-c2csc(n2)C(C(C)C(=O)CO)NC(=O)C(Cc2ccc(O)cc2)CC(=O)c2csc(n2)C(C(O)c2ccccc2)NC(=O)c2nc(sc2C)C(CC(N)=O)NC(=O)c2csc-3n2)n1. The average Bonchev–Trinajstić information content (AvgIpc) is 1.62. The first kappa shape index (κ1) is 65.2. The molecule has 7 aromatic heterocycles. The number of aryl methyl sites for hydroxylation is 1. The molecule has 0 saturated carbocycles. The number of ketones is 2. The molecular formula is C61H53N13O12S6. The molecule has 6 unspecified atom stereocenters. The quantitative estimate of drug-likeness (QED) is 0.0266. The number of primary amides is 1. The minimum Gasteiger partial charge on any atom is -0.508 e. The highest BCUT2D eigenvalue weighted by Crippen LogP contribution is 2.40. The Labute approximate surface area is 546 Å². The van der Waals surface area contributed by atoms with Crippen molar-refractivity contribution in [2.75, 3.05) is 6.61 Å². The van der Waals surface area contributed by atoms with Gasteiger partial charge in [-0.3, -0.25) is 38.4 Å². The third-order valence-electron chi connectivity index (χ3n) is 14.3. The van der Waals surface area contributed by atoms with Crippen molar-refractivity contribution in [2.24, 2.45) is 17.6 Å². The lowest BCUT2D eigenvalue weighted by atomic mass is 9.91. The fourth-order valence-electron chi connectivity index (χ4n) is 9.32. The number of aromatic nitrogens is 7. The fraction of sp³-hybridized carbons (Fsp3) is 0.197. The number of phenolic OH excluding ortho intramolecular Hbond substituents is 1. The molecule has 0 fully saturated rings. The highest BCUT2D eigenvalue weighted by atomic mass is 32.1. The van der Waals surface area contributed by atoms with Crippen LogP contribution in [0.1, 0.15) is 117 Å². The summed E-state index contributed by atoms with van der Waals surface area (Å²) in [6.45, 7) is 12.6. The Morgan fingerprint density at radius 3 is 2.04 bits per heavy atom. The molecule has 0 saturated heterocycles. The van der Waals surface area contributed by atoms with Crippen molar-refractivity contribution >= 4 is 115 Å². The fourth-order valence-corrected chi connectivity index (χ4v) is 14.6. The first-order valence-corrected chi connectivity index (χ1v) is 32.8. The second-order valence-electron chi connectivity index (χ2n) is 20.7. The Morgan fingerprint density at radius 1 is 0.674 bits per heavy atom. The zero-order chi connectivity index (χ0) is 65.7. The van der Waals surface area contributed by atoms with Gasteiger partial charge >= 0.3 is 0 Å². The molecule has 31 heteroatoms. The lowest BCUT2D eigenvalue weighted by Crippen LogP contribution is -2.40. The molecule has 9 aromatic rings. The Bertz CT molecular complexity index is 4400. The van der Waals surface area contributed by atoms with Crippen molar-refractivity contribution in [3.8, 4) is 49.1 Å². The van der Waals surface area contributed by atoms with Gasteiger partial charge in [0.2, 0.25) is 11.8 Å². The number of aromatic hydroxyl groups is 1. The Kier molecular flexibility index (Phi) is 20.0. The summed E-state index contributed by atoms with van der Waals surface area (Å²) in [5, 5.41) is 64.2. The van der Waals surface area contributed by atoms with Crippen LogP contribution in [-0.2, 0) is 25.6 Å². The second-order valence-corrected chi connectivity index (χ2v) is 26.3. The van der Waals surface area contributed by atoms with Gasteiger partial charge in [-0.15, -0.1) is 68.0 Å². The minimum atomic E-state index is -1.44. The smallest absolute Gasteiger partial charge is 0.275 e. The molecule has 10 rings (SSSR count). The zero-order valence-electron chi connectivity index (χ0n) is 48.4. The van der Waals surface area contributed by atoms with E-state index in [0.717, 1.165) is 56.7 Å². The van der Waals surface area contributed by atoms with Gasteiger partial charge in [0.25, 0.3) is 23.6 Å². The molecule has 6 amide bonds. The van der Waals surface area contributed by atoms with Gasteiger partial charge in [0.1, 0.15) is 100 Å². The molecule has 8 heterocycles. The summed E-state index contributed by atoms with van der Waals surface area (Å²) in [5.41, 5.74) is 7.20. The molecule has 470 valence electrons. The third kappa shape index (κ3) is 14.9. The Hall–Kier alpha value is -9.73. The predicted molar refractivity (Wildman–Crippen MR) is 345 cm³/mol. The van der Waals surface area contributed by atoms with Crippen molar-refractivity contribution in [2.45, 2.75) is 57.3 Å². The number of rotatable bonds is 15. The largest absolute Gasteiger partial charge is 0.508 e. The normalized spacial score (nSPS) is 16.8. The Balaban J connectivity index is 1.06. The van der Waals surface area contributed by atoms with Crippen LogP contribution in [0.15, 0.2) is 131 Å². The topological polar surface area (TPSA) is 394 Å². The lowest BCUT2D eigenvalue weighted by Gasteiger charge is -2.25. The van der Waals surface area contributed by atoms with Crippen molar-refractivity contribution in [1.82, 2.24) is 61.5 Å². The number of thiazole rings is 6. The number of hydrogen-bond donors (Lipinski definition) is 10. The van der Waals surface area contributed by atoms with E-state index in [0.29, 0.717) is 32.3 Å². The van der Waals surface area contributed by atoms with Crippen LogP contribution in [0.3, 0.4) is 0 Å². The summed E-state index contributed by atoms with van der Waals surface area (Å²) in [5.74, 6) is -8.60. The maximum Gasteiger partial charge on any atom is 0.275 e. The van der Waals surface area contributed by atoms with Gasteiger partial charge in [-0.2, -0.15) is 0 Å². The van der Waals surface area contributed by atoms with E-state index >= 15 is 0 Å². The summed E-state index contributed by atoms with van der Waals surface area (Å²) >= 11 is 6.38. The number of hydrogen-bond acceptors (Lipinski definition) is 25. The van der Waals surface area contributed by atoms with Crippen LogP contribution in [-0.4, -0.2) is 109 Å². The number of fused-ring (bicyclic) bond motifs is 14. The van der Waals surface area contributed by atoms with Crippen LogP contribution in [0.25, 0.3) is 43.4 Å². The highest BCUT2D eigenvalue weighted by molar-refractivity contribution is 7.15. The molecule has 2 aromatic carbocycles. The van der Waals surface area contributed by atoms with Gasteiger partial charge in [-0.1, -0.05) is 69.1 Å². The van der Waals surface area contributed by atoms with Crippen LogP contribution in [0.4, 0.5) is 0 Å². The Morgan fingerprint density at radius 2 is 1.33 bits per heavy atom. The summed E-state index contributed by atoms with van der Waals surface area (Å²) in [6, 6.07) is 14.1. The van der Waals surface area contributed by atoms with E-state index in [1.165, 1.54) is 46.5 Å². The van der Waals surface area contributed by atoms with E-state index in [-0.39, 0.29) is 88.5 Å². The van der Waals surface area contributed by atoms with E-state index in [1.807, 2.05) is 0 Å². The van der Waals surface area contributed by atoms with Crippen LogP contribution in [0.5, 0.6) is 5.75 Å². The van der Waals surface area contributed by atoms with Crippen molar-refractivity contribution in [3.05, 3.63) is 184 Å². The van der Waals surface area contributed by atoms with Gasteiger partial charge in [0.15, 0.2) is 11.6 Å². The molecule has 10 bridgehead atoms. The van der Waals surface area contributed by atoms with E-state index in [4.69, 9.17) is 25.7 Å². The summed E-state index contributed by atoms with van der Waals surface area (Å²) in [6.07, 6.45) is -2.35. The first-order chi connectivity index (χ1) is 44.0. The number of carbonyl (C=O) groups is 8. The van der Waals surface area contributed by atoms with E-state index in [9.17, 15) is 58.8 Å². The van der Waals surface area contributed by atoms with Crippen molar-refractivity contribution in [3.63, 3.8) is 0 Å². The number of phenols is 1. The maximum atomic E-state index is 14.9. The van der Waals surface area contributed by atoms with E-state index in [2.05, 4.69) is 61.3 Å². The number of amides is 6. The van der Waals surface area contributed by atoms with Gasteiger partial charge in [-0.25, -0.2) is 34.9 Å². The molecule has 92 heavy (non-hydrogen) atoms. The third-order valence-corrected chi connectivity index (χ3v) is 19.8. The van der Waals surface area contributed by atoms with Gasteiger partial charge in [0.05, 0.1) is 35.6 Å². The molecule has 1 aliphatic heterocycles. The molecule has 11 N–H and O–H groups in total. The van der Waals surface area contributed by atoms with Gasteiger partial charge < -0.3 is 52.7 Å². The highest BCUT2D eigenvalue weighted by Gasteiger charge is 2.36. The molecule has 25 nitrogen and oxygen atoms in total. The van der Waals surface area contributed by atoms with Crippen LogP contribution >= 0.6 is 68.0 Å². The molecule has 0 aliphatic carbocycles. The number of aliphatic hydroxyl groups is 3.